The third-order valence-electron chi connectivity index (χ3n) is 31.2. The Kier molecular flexibility index (Phi) is 18.7. The van der Waals surface area contributed by atoms with Crippen molar-refractivity contribution in [2.75, 3.05) is 0 Å². The summed E-state index contributed by atoms with van der Waals surface area (Å²) in [5.74, 6) is 0. The van der Waals surface area contributed by atoms with Crippen LogP contribution in [-0.2, 0) is 16.2 Å². The monoisotopic (exact) mass is 1850 g/mol. The van der Waals surface area contributed by atoms with Crippen LogP contribution in [0.4, 0.5) is 0 Å². The fourth-order valence-electron chi connectivity index (χ4n) is 24.3. The Labute approximate surface area is 830 Å². The van der Waals surface area contributed by atoms with Gasteiger partial charge in [-0.1, -0.05) is 351 Å². The summed E-state index contributed by atoms with van der Waals surface area (Å²) in [7, 11) is 0. The van der Waals surface area contributed by atoms with Crippen molar-refractivity contribution in [2.24, 2.45) is 0 Å². The maximum absolute atomic E-state index is 2.48. The second-order valence-corrected chi connectivity index (χ2v) is 43.3. The zero-order valence-corrected chi connectivity index (χ0v) is 81.3. The highest BCUT2D eigenvalue weighted by atomic mass is 32.1. The van der Waals surface area contributed by atoms with E-state index in [0.717, 1.165) is 0 Å². The zero-order valence-electron chi connectivity index (χ0n) is 78.9. The largest absolute Gasteiger partial charge is 0.309 e. The van der Waals surface area contributed by atoms with Gasteiger partial charge >= 0.3 is 0 Å². The molecular formula is C135H93N3S3. The van der Waals surface area contributed by atoms with E-state index in [1.54, 1.807) is 0 Å². The summed E-state index contributed by atoms with van der Waals surface area (Å²) in [5, 5.41) is 15.8. The predicted octanol–water partition coefficient (Wildman–Crippen LogP) is 38.4. The molecule has 0 amide bonds. The van der Waals surface area contributed by atoms with E-state index >= 15 is 0 Å². The number of hydrogen-bond acceptors (Lipinski definition) is 3. The van der Waals surface area contributed by atoms with E-state index in [2.05, 4.69) is 510 Å². The van der Waals surface area contributed by atoms with E-state index in [-0.39, 0.29) is 16.2 Å². The van der Waals surface area contributed by atoms with Gasteiger partial charge in [-0.25, -0.2) is 0 Å². The van der Waals surface area contributed by atoms with Gasteiger partial charge in [0.1, 0.15) is 0 Å². The minimum Gasteiger partial charge on any atom is -0.309 e. The third-order valence-corrected chi connectivity index (χ3v) is 34.6. The molecule has 0 saturated carbocycles. The Bertz CT molecular complexity index is 9580. The average Bonchev–Trinajstić information content (AvgIpc) is 1.55. The van der Waals surface area contributed by atoms with Crippen molar-refractivity contribution in [3.8, 4) is 117 Å². The standard InChI is InChI=1S/3C45H31NS/c1-45(2)39-22-19-32(27-36(39)34-20-21-35-33-15-9-10-16-42(33)47-44(35)43(34)45)46-40-23-17-30(28-11-5-3-6-12-28)25-37(40)38-26-31(18-24-41(38)46)29-13-7-4-8-14-29;1-45(2)37-20-19-32(27-36(37)43-38(45)21-24-42-44(43)33-15-9-10-16-41(33)47-42)46-39-22-17-30(28-11-5-3-6-12-28)25-34(39)35-26-31(18-23-40(35)46)29-13-7-4-8-14-29;1-45(2)39-20-19-32(25-34(39)35-26-38-33-15-9-10-16-43(33)47-44(38)27-40(35)45)46-41-21-17-30(28-11-5-3-6-12-28)23-36(41)37-24-31(18-22-42(37)46)29-13-7-4-8-14-29/h3*3-27H,1-2H3. The molecule has 0 atom stereocenters. The highest BCUT2D eigenvalue weighted by Crippen LogP contribution is 2.59. The molecule has 0 N–H and O–H groups in total. The van der Waals surface area contributed by atoms with Crippen LogP contribution in [0.15, 0.2) is 455 Å². The number of benzene rings is 21. The lowest BCUT2D eigenvalue weighted by Gasteiger charge is -2.22. The molecule has 3 nitrogen and oxygen atoms in total. The summed E-state index contributed by atoms with van der Waals surface area (Å²) < 4.78 is 15.6. The predicted molar refractivity (Wildman–Crippen MR) is 606 cm³/mol. The van der Waals surface area contributed by atoms with E-state index in [9.17, 15) is 0 Å². The fraction of sp³-hybridized carbons (Fsp3) is 0.0667. The van der Waals surface area contributed by atoms with Crippen LogP contribution in [0.2, 0.25) is 0 Å². The van der Waals surface area contributed by atoms with Gasteiger partial charge in [0.2, 0.25) is 0 Å². The number of nitrogens with zero attached hydrogens (tertiary/aromatic N) is 3. The van der Waals surface area contributed by atoms with Gasteiger partial charge in [-0.2, -0.15) is 0 Å². The lowest BCUT2D eigenvalue weighted by molar-refractivity contribution is 0.661. The molecule has 30 rings (SSSR count). The number of fused-ring (bicyclic) bond motifs is 29. The molecule has 0 spiro atoms. The lowest BCUT2D eigenvalue weighted by Crippen LogP contribution is -2.15. The molecule has 0 unspecified atom stereocenters. The highest BCUT2D eigenvalue weighted by molar-refractivity contribution is 7.26. The van der Waals surface area contributed by atoms with Crippen LogP contribution in [0, 0.1) is 0 Å². The van der Waals surface area contributed by atoms with E-state index in [1.807, 2.05) is 34.0 Å². The minimum atomic E-state index is -0.0838. The summed E-state index contributed by atoms with van der Waals surface area (Å²) in [5.41, 5.74) is 42.2. The summed E-state index contributed by atoms with van der Waals surface area (Å²) in [6.45, 7) is 14.3. The van der Waals surface area contributed by atoms with Crippen LogP contribution in [0.5, 0.6) is 0 Å². The van der Waals surface area contributed by atoms with Crippen molar-refractivity contribution in [1.82, 2.24) is 13.7 Å². The molecule has 0 saturated heterocycles. The van der Waals surface area contributed by atoms with Gasteiger partial charge in [-0.05, 0) is 279 Å². The number of aromatic nitrogens is 3. The van der Waals surface area contributed by atoms with Crippen LogP contribution < -0.4 is 0 Å². The zero-order chi connectivity index (χ0) is 93.8. The van der Waals surface area contributed by atoms with Crippen molar-refractivity contribution in [1.29, 1.82) is 0 Å². The second-order valence-electron chi connectivity index (χ2n) is 40.1. The Hall–Kier alpha value is -16.3. The Morgan fingerprint density at radius 3 is 0.879 bits per heavy atom. The second kappa shape index (κ2) is 31.9. The highest BCUT2D eigenvalue weighted by Gasteiger charge is 2.41. The van der Waals surface area contributed by atoms with Crippen LogP contribution in [0.1, 0.15) is 74.9 Å². The SMILES string of the molecule is CC1(C)c2ccc(-n3c4ccc(-c5ccccc5)cc4c4cc(-c5ccccc5)ccc43)cc2-c2c1ccc1sc3ccccc3c21.CC1(C)c2ccc(-n3c4ccc(-c5ccccc5)cc4c4cc(-c5ccccc5)ccc43)cc2-c2cc3c(cc21)sc1ccccc13.CC1(C)c2ccc(-n3c4ccc(-c5ccccc5)cc4c4cc(-c5ccccc5)ccc43)cc2-c2ccc3c(sc4ccccc43)c21. The van der Waals surface area contributed by atoms with Crippen molar-refractivity contribution in [2.45, 2.75) is 57.8 Å². The average molecular weight is 1850 g/mol. The number of thiophene rings is 3. The first-order chi connectivity index (χ1) is 69.2. The molecule has 0 bridgehead atoms. The maximum atomic E-state index is 2.48. The van der Waals surface area contributed by atoms with Crippen molar-refractivity contribution >= 4 is 160 Å². The van der Waals surface area contributed by atoms with Crippen molar-refractivity contribution in [3.63, 3.8) is 0 Å². The van der Waals surface area contributed by atoms with Crippen LogP contribution in [-0.4, -0.2) is 13.7 Å². The van der Waals surface area contributed by atoms with Gasteiger partial charge in [0, 0.05) is 126 Å². The Morgan fingerprint density at radius 2 is 0.475 bits per heavy atom. The van der Waals surface area contributed by atoms with Gasteiger partial charge in [-0.15, -0.1) is 34.0 Å². The molecular weight excluding hydrogens is 1760 g/mol. The van der Waals surface area contributed by atoms with Gasteiger partial charge in [0.15, 0.2) is 0 Å². The van der Waals surface area contributed by atoms with Gasteiger partial charge in [0.25, 0.3) is 0 Å². The van der Waals surface area contributed by atoms with E-state index < -0.39 is 0 Å². The minimum absolute atomic E-state index is 0.0659. The van der Waals surface area contributed by atoms with E-state index in [4.69, 9.17) is 0 Å². The molecule has 6 heterocycles. The molecule has 666 valence electrons. The quantitative estimate of drug-likeness (QED) is 0.137. The molecule has 27 aromatic rings. The van der Waals surface area contributed by atoms with E-state index in [1.165, 1.54) is 277 Å². The smallest absolute Gasteiger partial charge is 0.0541 e. The molecule has 21 aromatic carbocycles. The summed E-state index contributed by atoms with van der Waals surface area (Å²) in [4.78, 5) is 0. The molecule has 0 fully saturated rings. The summed E-state index contributed by atoms with van der Waals surface area (Å²) >= 11 is 5.75. The third kappa shape index (κ3) is 13.0. The first kappa shape index (κ1) is 82.9. The van der Waals surface area contributed by atoms with Gasteiger partial charge < -0.3 is 13.7 Å². The van der Waals surface area contributed by atoms with E-state index in [0.29, 0.717) is 0 Å². The number of hydrogen-bond donors (Lipinski definition) is 0. The molecule has 3 aliphatic carbocycles. The number of rotatable bonds is 9. The molecule has 141 heavy (non-hydrogen) atoms. The Morgan fingerprint density at radius 1 is 0.170 bits per heavy atom. The lowest BCUT2D eigenvalue weighted by atomic mass is 9.82. The van der Waals surface area contributed by atoms with Crippen molar-refractivity contribution < 1.29 is 0 Å². The first-order valence-corrected chi connectivity index (χ1v) is 51.5. The molecule has 6 heteroatoms. The van der Waals surface area contributed by atoms with Crippen LogP contribution >= 0.6 is 34.0 Å². The summed E-state index contributed by atoms with van der Waals surface area (Å²) in [6.07, 6.45) is 0. The maximum Gasteiger partial charge on any atom is 0.0541 e. The van der Waals surface area contributed by atoms with Crippen molar-refractivity contribution in [3.05, 3.63) is 488 Å². The molecule has 6 aromatic heterocycles. The molecule has 0 radical (unpaired) electrons. The normalized spacial score (nSPS) is 13.5. The Balaban J connectivity index is 0.000000104. The topological polar surface area (TPSA) is 14.8 Å². The molecule has 0 aliphatic heterocycles. The van der Waals surface area contributed by atoms with Crippen LogP contribution in [0.25, 0.3) is 243 Å². The van der Waals surface area contributed by atoms with Crippen LogP contribution in [0.3, 0.4) is 0 Å². The fourth-order valence-corrected chi connectivity index (χ4v) is 27.9. The van der Waals surface area contributed by atoms with Gasteiger partial charge in [-0.3, -0.25) is 0 Å². The molecule has 3 aliphatic rings. The van der Waals surface area contributed by atoms with Gasteiger partial charge in [0.05, 0.1) is 33.1 Å². The summed E-state index contributed by atoms with van der Waals surface area (Å²) in [6, 6.07) is 169. The first-order valence-electron chi connectivity index (χ1n) is 49.1.